The molecule has 5 N–H and O–H groups in total. The fourth-order valence-corrected chi connectivity index (χ4v) is 3.04. The molecule has 5 unspecified atom stereocenters. The quantitative estimate of drug-likeness (QED) is 0.429. The molecule has 0 saturated carbocycles. The summed E-state index contributed by atoms with van der Waals surface area (Å²) in [6.45, 7) is -1.09. The molecule has 1 saturated heterocycles. The van der Waals surface area contributed by atoms with E-state index in [9.17, 15) is 25.2 Å². The Balaban J connectivity index is 1.90. The van der Waals surface area contributed by atoms with Crippen LogP contribution in [0.25, 0.3) is 11.1 Å². The van der Waals surface area contributed by atoms with Gasteiger partial charge in [0.1, 0.15) is 35.9 Å². The summed E-state index contributed by atoms with van der Waals surface area (Å²) < 4.78 is 16.5. The maximum absolute atomic E-state index is 10.8. The number of ether oxygens (including phenoxy) is 3. The van der Waals surface area contributed by atoms with Crippen molar-refractivity contribution in [3.8, 4) is 22.6 Å². The molecule has 0 aliphatic carbocycles. The van der Waals surface area contributed by atoms with Gasteiger partial charge in [-0.15, -0.1) is 0 Å². The van der Waals surface area contributed by atoms with Crippen LogP contribution in [-0.4, -0.2) is 75.4 Å². The van der Waals surface area contributed by atoms with Crippen LogP contribution in [0.2, 0.25) is 0 Å². The van der Waals surface area contributed by atoms with Crippen molar-refractivity contribution >= 4 is 5.97 Å². The molecule has 2 aromatic carbocycles. The molecule has 0 amide bonds. The van der Waals surface area contributed by atoms with Crippen molar-refractivity contribution in [3.05, 3.63) is 48.5 Å². The van der Waals surface area contributed by atoms with E-state index in [1.165, 1.54) is 0 Å². The van der Waals surface area contributed by atoms with Crippen molar-refractivity contribution in [2.24, 2.45) is 0 Å². The third-order valence-electron chi connectivity index (χ3n) is 4.51. The summed E-state index contributed by atoms with van der Waals surface area (Å²) in [7, 11) is 0. The minimum atomic E-state index is -1.57. The van der Waals surface area contributed by atoms with Crippen LogP contribution in [0.5, 0.6) is 11.5 Å². The number of aliphatic carboxylic acids is 1. The average Bonchev–Trinajstić information content (AvgIpc) is 2.73. The number of carboxylic acids is 1. The van der Waals surface area contributed by atoms with E-state index >= 15 is 0 Å². The van der Waals surface area contributed by atoms with E-state index < -0.39 is 49.9 Å². The van der Waals surface area contributed by atoms with Crippen molar-refractivity contribution in [1.82, 2.24) is 0 Å². The van der Waals surface area contributed by atoms with Gasteiger partial charge in [0.15, 0.2) is 6.61 Å². The molecular weight excluding hydrogens is 384 g/mol. The first-order valence-electron chi connectivity index (χ1n) is 8.92. The van der Waals surface area contributed by atoms with Crippen LogP contribution in [0, 0.1) is 0 Å². The number of benzene rings is 2. The van der Waals surface area contributed by atoms with Crippen LogP contribution < -0.4 is 9.47 Å². The Kier molecular flexibility index (Phi) is 6.68. The molecule has 156 valence electrons. The Hall–Kier alpha value is -2.69. The predicted molar refractivity (Wildman–Crippen MR) is 99.4 cm³/mol. The van der Waals surface area contributed by atoms with E-state index in [-0.39, 0.29) is 5.75 Å². The largest absolute Gasteiger partial charge is 0.481 e. The molecule has 9 heteroatoms. The highest BCUT2D eigenvalue weighted by Crippen LogP contribution is 2.37. The number of hydrogen-bond donors (Lipinski definition) is 5. The van der Waals surface area contributed by atoms with E-state index in [1.807, 2.05) is 0 Å². The molecule has 9 nitrogen and oxygen atoms in total. The summed E-state index contributed by atoms with van der Waals surface area (Å²) in [5, 5.41) is 48.3. The smallest absolute Gasteiger partial charge is 0.341 e. The minimum absolute atomic E-state index is 0.267. The first-order chi connectivity index (χ1) is 13.9. The molecule has 2 aromatic rings. The summed E-state index contributed by atoms with van der Waals surface area (Å²) in [5.74, 6) is -0.534. The van der Waals surface area contributed by atoms with Gasteiger partial charge in [0.2, 0.25) is 6.29 Å². The van der Waals surface area contributed by atoms with E-state index in [0.29, 0.717) is 16.9 Å². The maximum Gasteiger partial charge on any atom is 0.341 e. The first-order valence-corrected chi connectivity index (χ1v) is 8.92. The molecule has 0 radical (unpaired) electrons. The normalized spacial score (nSPS) is 26.7. The molecular formula is C20H22O9. The highest BCUT2D eigenvalue weighted by molar-refractivity contribution is 5.76. The number of aliphatic hydroxyl groups is 4. The SMILES string of the molecule is O=C(O)COc1ccccc1-c1ccccc1OC1OC(CO)C(O)C(O)C1O. The molecule has 0 bridgehead atoms. The Morgan fingerprint density at radius 2 is 1.48 bits per heavy atom. The van der Waals surface area contributed by atoms with Crippen LogP contribution in [0.1, 0.15) is 0 Å². The topological polar surface area (TPSA) is 146 Å². The van der Waals surface area contributed by atoms with Crippen molar-refractivity contribution < 1.29 is 44.5 Å². The van der Waals surface area contributed by atoms with E-state index in [0.717, 1.165) is 0 Å². The zero-order chi connectivity index (χ0) is 21.0. The molecule has 1 aliphatic heterocycles. The first kappa shape index (κ1) is 21.0. The van der Waals surface area contributed by atoms with Gasteiger partial charge in [0, 0.05) is 11.1 Å². The summed E-state index contributed by atoms with van der Waals surface area (Å²) in [6.07, 6.45) is -7.06. The number of rotatable bonds is 7. The molecule has 5 atom stereocenters. The average molecular weight is 406 g/mol. The van der Waals surface area contributed by atoms with Crippen LogP contribution in [-0.2, 0) is 9.53 Å². The second kappa shape index (κ2) is 9.21. The van der Waals surface area contributed by atoms with Crippen LogP contribution in [0.3, 0.4) is 0 Å². The molecule has 0 spiro atoms. The van der Waals surface area contributed by atoms with E-state index in [1.54, 1.807) is 48.5 Å². The van der Waals surface area contributed by atoms with Crippen molar-refractivity contribution in [3.63, 3.8) is 0 Å². The standard InChI is InChI=1S/C20H22O9/c21-9-15-17(24)18(25)19(26)20(29-15)28-14-8-4-2-6-12(14)11-5-1-3-7-13(11)27-10-16(22)23/h1-8,15,17-21,24-26H,9-10H2,(H,22,23). The summed E-state index contributed by atoms with van der Waals surface area (Å²) in [4.78, 5) is 10.8. The van der Waals surface area contributed by atoms with E-state index in [2.05, 4.69) is 0 Å². The monoisotopic (exact) mass is 406 g/mol. The fraction of sp³-hybridized carbons (Fsp3) is 0.350. The highest BCUT2D eigenvalue weighted by Gasteiger charge is 2.44. The number of carbonyl (C=O) groups is 1. The lowest BCUT2D eigenvalue weighted by atomic mass is 9.99. The van der Waals surface area contributed by atoms with Gasteiger partial charge in [0.05, 0.1) is 6.61 Å². The van der Waals surface area contributed by atoms with Crippen molar-refractivity contribution in [2.45, 2.75) is 30.7 Å². The highest BCUT2D eigenvalue weighted by atomic mass is 16.7. The predicted octanol–water partition coefficient (Wildman–Crippen LogP) is -0.00430. The van der Waals surface area contributed by atoms with Crippen molar-refractivity contribution in [2.75, 3.05) is 13.2 Å². The number of hydrogen-bond acceptors (Lipinski definition) is 8. The van der Waals surface area contributed by atoms with Gasteiger partial charge >= 0.3 is 5.97 Å². The molecule has 29 heavy (non-hydrogen) atoms. The minimum Gasteiger partial charge on any atom is -0.481 e. The van der Waals surface area contributed by atoms with Gasteiger partial charge in [-0.25, -0.2) is 4.79 Å². The number of aliphatic hydroxyl groups excluding tert-OH is 4. The third-order valence-corrected chi connectivity index (χ3v) is 4.51. The molecule has 3 rings (SSSR count). The van der Waals surface area contributed by atoms with Gasteiger partial charge in [-0.3, -0.25) is 0 Å². The molecule has 1 heterocycles. The zero-order valence-corrected chi connectivity index (χ0v) is 15.3. The Labute approximate surface area is 166 Å². The van der Waals surface area contributed by atoms with Gasteiger partial charge in [-0.1, -0.05) is 36.4 Å². The summed E-state index contributed by atoms with van der Waals surface area (Å²) >= 11 is 0. The third kappa shape index (κ3) is 4.66. The van der Waals surface area contributed by atoms with Gasteiger partial charge in [-0.05, 0) is 12.1 Å². The van der Waals surface area contributed by atoms with Crippen LogP contribution >= 0.6 is 0 Å². The second-order valence-corrected chi connectivity index (χ2v) is 6.49. The lowest BCUT2D eigenvalue weighted by Gasteiger charge is -2.39. The Morgan fingerprint density at radius 1 is 0.897 bits per heavy atom. The zero-order valence-electron chi connectivity index (χ0n) is 15.3. The molecule has 1 aliphatic rings. The molecule has 0 aromatic heterocycles. The maximum atomic E-state index is 10.8. The van der Waals surface area contributed by atoms with Crippen LogP contribution in [0.4, 0.5) is 0 Å². The second-order valence-electron chi connectivity index (χ2n) is 6.49. The van der Waals surface area contributed by atoms with Gasteiger partial charge < -0.3 is 39.7 Å². The van der Waals surface area contributed by atoms with E-state index in [4.69, 9.17) is 19.3 Å². The Bertz CT molecular complexity index is 838. The fourth-order valence-electron chi connectivity index (χ4n) is 3.04. The van der Waals surface area contributed by atoms with Gasteiger partial charge in [-0.2, -0.15) is 0 Å². The Morgan fingerprint density at radius 3 is 2.10 bits per heavy atom. The van der Waals surface area contributed by atoms with Gasteiger partial charge in [0.25, 0.3) is 0 Å². The lowest BCUT2D eigenvalue weighted by Crippen LogP contribution is -2.60. The lowest BCUT2D eigenvalue weighted by molar-refractivity contribution is -0.277. The van der Waals surface area contributed by atoms with Crippen LogP contribution in [0.15, 0.2) is 48.5 Å². The number of para-hydroxylation sites is 2. The molecule has 1 fully saturated rings. The number of carboxylic acid groups (broad SMARTS) is 1. The summed E-state index contributed by atoms with van der Waals surface area (Å²) in [5.41, 5.74) is 1.08. The van der Waals surface area contributed by atoms with Crippen molar-refractivity contribution in [1.29, 1.82) is 0 Å². The summed E-state index contributed by atoms with van der Waals surface area (Å²) in [6, 6.07) is 13.5.